The molecular formula is C15H14N2. The van der Waals surface area contributed by atoms with E-state index < -0.39 is 0 Å². The molecule has 0 amide bonds. The molecule has 0 aliphatic carbocycles. The van der Waals surface area contributed by atoms with Crippen molar-refractivity contribution in [1.82, 2.24) is 4.98 Å². The normalized spacial score (nSPS) is 9.24. The average Bonchev–Trinajstić information content (AvgIpc) is 2.41. The van der Waals surface area contributed by atoms with Crippen molar-refractivity contribution in [2.45, 2.75) is 0 Å². The second-order valence-corrected chi connectivity index (χ2v) is 3.71. The second kappa shape index (κ2) is 5.72. The lowest BCUT2D eigenvalue weighted by Gasteiger charge is -2.15. The fourth-order valence-corrected chi connectivity index (χ4v) is 1.46. The van der Waals surface area contributed by atoms with E-state index in [2.05, 4.69) is 33.9 Å². The monoisotopic (exact) mass is 222 g/mol. The number of anilines is 1. The Labute approximate surface area is 102 Å². The zero-order chi connectivity index (χ0) is 11.9. The molecule has 0 unspecified atom stereocenters. The van der Waals surface area contributed by atoms with E-state index in [4.69, 9.17) is 0 Å². The highest BCUT2D eigenvalue weighted by Gasteiger charge is 1.95. The van der Waals surface area contributed by atoms with Crippen molar-refractivity contribution in [2.24, 2.45) is 0 Å². The van der Waals surface area contributed by atoms with Crippen molar-refractivity contribution < 1.29 is 0 Å². The van der Waals surface area contributed by atoms with Crippen LogP contribution in [0, 0.1) is 11.8 Å². The largest absolute Gasteiger partial charge is 0.363 e. The highest BCUT2D eigenvalue weighted by molar-refractivity contribution is 5.46. The first-order valence-electron chi connectivity index (χ1n) is 5.52. The van der Waals surface area contributed by atoms with Gasteiger partial charge in [-0.25, -0.2) is 4.98 Å². The van der Waals surface area contributed by atoms with E-state index in [1.54, 1.807) is 6.20 Å². The van der Waals surface area contributed by atoms with Crippen LogP contribution in [0.1, 0.15) is 5.69 Å². The Kier molecular flexibility index (Phi) is 3.77. The molecule has 0 saturated carbocycles. The standard InChI is InChI=1S/C15H14N2/c1-17(15-10-3-2-4-11-15)13-7-9-14-8-5-6-12-16-14/h2-6,8,10-12H,13H2,1H3. The molecule has 0 radical (unpaired) electrons. The molecule has 0 N–H and O–H groups in total. The van der Waals surface area contributed by atoms with Crippen molar-refractivity contribution in [3.05, 3.63) is 60.4 Å². The summed E-state index contributed by atoms with van der Waals surface area (Å²) in [5, 5.41) is 0. The quantitative estimate of drug-likeness (QED) is 0.726. The van der Waals surface area contributed by atoms with Crippen LogP contribution < -0.4 is 4.90 Å². The van der Waals surface area contributed by atoms with Crippen molar-refractivity contribution in [3.63, 3.8) is 0 Å². The van der Waals surface area contributed by atoms with Crippen LogP contribution in [0.2, 0.25) is 0 Å². The van der Waals surface area contributed by atoms with Gasteiger partial charge in [0.05, 0.1) is 6.54 Å². The van der Waals surface area contributed by atoms with Crippen LogP contribution in [0.3, 0.4) is 0 Å². The topological polar surface area (TPSA) is 16.1 Å². The maximum atomic E-state index is 4.16. The summed E-state index contributed by atoms with van der Waals surface area (Å²) in [5.41, 5.74) is 1.98. The predicted octanol–water partition coefficient (Wildman–Crippen LogP) is 2.57. The summed E-state index contributed by atoms with van der Waals surface area (Å²) in [4.78, 5) is 6.26. The molecule has 0 saturated heterocycles. The SMILES string of the molecule is CN(CC#Cc1ccccn1)c1ccccc1. The molecular weight excluding hydrogens is 208 g/mol. The van der Waals surface area contributed by atoms with Gasteiger partial charge in [0.15, 0.2) is 0 Å². The number of para-hydroxylation sites is 1. The van der Waals surface area contributed by atoms with Gasteiger partial charge >= 0.3 is 0 Å². The van der Waals surface area contributed by atoms with Crippen LogP contribution >= 0.6 is 0 Å². The lowest BCUT2D eigenvalue weighted by molar-refractivity contribution is 1.05. The molecule has 1 aromatic heterocycles. The lowest BCUT2D eigenvalue weighted by Crippen LogP contribution is -2.16. The van der Waals surface area contributed by atoms with Gasteiger partial charge in [-0.1, -0.05) is 30.2 Å². The van der Waals surface area contributed by atoms with Crippen molar-refractivity contribution in [2.75, 3.05) is 18.5 Å². The summed E-state index contributed by atoms with van der Waals surface area (Å²) in [7, 11) is 2.03. The number of benzene rings is 1. The molecule has 1 aromatic carbocycles. The van der Waals surface area contributed by atoms with E-state index in [0.717, 1.165) is 5.69 Å². The molecule has 0 spiro atoms. The summed E-state index contributed by atoms with van der Waals surface area (Å²) in [6.45, 7) is 0.695. The van der Waals surface area contributed by atoms with Gasteiger partial charge in [-0.05, 0) is 30.2 Å². The van der Waals surface area contributed by atoms with Crippen LogP contribution in [0.15, 0.2) is 54.7 Å². The molecule has 2 aromatic rings. The van der Waals surface area contributed by atoms with Gasteiger partial charge in [0.2, 0.25) is 0 Å². The van der Waals surface area contributed by atoms with Gasteiger partial charge in [-0.15, -0.1) is 0 Å². The fraction of sp³-hybridized carbons (Fsp3) is 0.133. The molecule has 0 aliphatic rings. The molecule has 84 valence electrons. The Morgan fingerprint density at radius 1 is 1.06 bits per heavy atom. The van der Waals surface area contributed by atoms with Crippen LogP contribution in [0.25, 0.3) is 0 Å². The predicted molar refractivity (Wildman–Crippen MR) is 70.8 cm³/mol. The van der Waals surface area contributed by atoms with Gasteiger partial charge in [0.1, 0.15) is 5.69 Å². The summed E-state index contributed by atoms with van der Waals surface area (Å²) >= 11 is 0. The van der Waals surface area contributed by atoms with Crippen LogP contribution in [-0.2, 0) is 0 Å². The molecule has 0 atom stereocenters. The van der Waals surface area contributed by atoms with Crippen molar-refractivity contribution in [1.29, 1.82) is 0 Å². The van der Waals surface area contributed by atoms with Gasteiger partial charge in [0, 0.05) is 18.9 Å². The molecule has 2 rings (SSSR count). The molecule has 17 heavy (non-hydrogen) atoms. The average molecular weight is 222 g/mol. The third-order valence-electron chi connectivity index (χ3n) is 2.39. The van der Waals surface area contributed by atoms with E-state index >= 15 is 0 Å². The number of pyridine rings is 1. The summed E-state index contributed by atoms with van der Waals surface area (Å²) in [5.74, 6) is 6.16. The minimum absolute atomic E-state index is 0.695. The van der Waals surface area contributed by atoms with Crippen LogP contribution in [0.5, 0.6) is 0 Å². The molecule has 1 heterocycles. The molecule has 0 fully saturated rings. The number of nitrogens with zero attached hydrogens (tertiary/aromatic N) is 2. The van der Waals surface area contributed by atoms with Gasteiger partial charge in [-0.2, -0.15) is 0 Å². The Hall–Kier alpha value is -2.27. The maximum absolute atomic E-state index is 4.16. The smallest absolute Gasteiger partial charge is 0.113 e. The van der Waals surface area contributed by atoms with E-state index in [1.165, 1.54) is 5.69 Å². The van der Waals surface area contributed by atoms with Crippen LogP contribution in [-0.4, -0.2) is 18.6 Å². The first-order valence-corrected chi connectivity index (χ1v) is 5.52. The number of aromatic nitrogens is 1. The van der Waals surface area contributed by atoms with E-state index in [1.807, 2.05) is 43.4 Å². The lowest BCUT2D eigenvalue weighted by atomic mass is 10.3. The highest BCUT2D eigenvalue weighted by Crippen LogP contribution is 2.09. The Morgan fingerprint density at radius 2 is 1.82 bits per heavy atom. The fourth-order valence-electron chi connectivity index (χ4n) is 1.46. The van der Waals surface area contributed by atoms with Gasteiger partial charge in [-0.3, -0.25) is 0 Å². The number of hydrogen-bond acceptors (Lipinski definition) is 2. The minimum Gasteiger partial charge on any atom is -0.363 e. The van der Waals surface area contributed by atoms with E-state index in [0.29, 0.717) is 6.54 Å². The Balaban J connectivity index is 1.98. The first-order chi connectivity index (χ1) is 8.36. The summed E-state index contributed by atoms with van der Waals surface area (Å²) in [6.07, 6.45) is 1.75. The number of hydrogen-bond donors (Lipinski definition) is 0. The third-order valence-corrected chi connectivity index (χ3v) is 2.39. The Bertz CT molecular complexity index is 509. The Morgan fingerprint density at radius 3 is 2.53 bits per heavy atom. The first kappa shape index (κ1) is 11.2. The summed E-state index contributed by atoms with van der Waals surface area (Å²) in [6, 6.07) is 16.0. The molecule has 0 aliphatic heterocycles. The summed E-state index contributed by atoms with van der Waals surface area (Å²) < 4.78 is 0. The zero-order valence-electron chi connectivity index (χ0n) is 9.80. The third kappa shape index (κ3) is 3.35. The number of rotatable bonds is 2. The molecule has 2 nitrogen and oxygen atoms in total. The van der Waals surface area contributed by atoms with Gasteiger partial charge < -0.3 is 4.90 Å². The second-order valence-electron chi connectivity index (χ2n) is 3.71. The zero-order valence-corrected chi connectivity index (χ0v) is 9.80. The van der Waals surface area contributed by atoms with E-state index in [-0.39, 0.29) is 0 Å². The maximum Gasteiger partial charge on any atom is 0.113 e. The minimum atomic E-state index is 0.695. The van der Waals surface area contributed by atoms with Crippen LogP contribution in [0.4, 0.5) is 5.69 Å². The van der Waals surface area contributed by atoms with Crippen molar-refractivity contribution in [3.8, 4) is 11.8 Å². The van der Waals surface area contributed by atoms with Crippen molar-refractivity contribution >= 4 is 5.69 Å². The molecule has 2 heteroatoms. The van der Waals surface area contributed by atoms with Gasteiger partial charge in [0.25, 0.3) is 0 Å². The molecule has 0 bridgehead atoms. The van der Waals surface area contributed by atoms with E-state index in [9.17, 15) is 0 Å². The highest BCUT2D eigenvalue weighted by atomic mass is 15.1.